The first-order valence-electron chi connectivity index (χ1n) is 7.09. The predicted molar refractivity (Wildman–Crippen MR) is 82.2 cm³/mol. The molecular formula is C17H27N. The highest BCUT2D eigenvalue weighted by atomic mass is 15.1. The molecule has 0 heterocycles. The zero-order valence-corrected chi connectivity index (χ0v) is 12.4. The van der Waals surface area contributed by atoms with Gasteiger partial charge in [-0.3, -0.25) is 0 Å². The molecule has 0 atom stereocenters. The molecule has 0 saturated heterocycles. The summed E-state index contributed by atoms with van der Waals surface area (Å²) >= 11 is 0. The first kappa shape index (κ1) is 14.8. The molecule has 1 heteroatoms. The van der Waals surface area contributed by atoms with E-state index in [9.17, 15) is 0 Å². The molecule has 0 N–H and O–H groups in total. The number of hydrogen-bond acceptors (Lipinski definition) is 1. The second-order valence-corrected chi connectivity index (χ2v) is 5.16. The molecule has 1 rings (SSSR count). The quantitative estimate of drug-likeness (QED) is 0.626. The second kappa shape index (κ2) is 7.25. The van der Waals surface area contributed by atoms with Gasteiger partial charge in [0.2, 0.25) is 0 Å². The number of anilines is 1. The Bertz CT molecular complexity index is 358. The number of nitrogens with zero attached hydrogens (tertiary/aromatic N) is 1. The molecule has 0 aromatic heterocycles. The van der Waals surface area contributed by atoms with Gasteiger partial charge in [-0.2, -0.15) is 0 Å². The van der Waals surface area contributed by atoms with Gasteiger partial charge in [0.05, 0.1) is 0 Å². The van der Waals surface area contributed by atoms with Crippen molar-refractivity contribution < 1.29 is 0 Å². The lowest BCUT2D eigenvalue weighted by Crippen LogP contribution is -2.13. The third-order valence-corrected chi connectivity index (χ3v) is 3.60. The van der Waals surface area contributed by atoms with Crippen molar-refractivity contribution in [2.24, 2.45) is 0 Å². The Morgan fingerprint density at radius 1 is 1.11 bits per heavy atom. The van der Waals surface area contributed by atoms with Crippen LogP contribution in [0, 0.1) is 0 Å². The van der Waals surface area contributed by atoms with E-state index in [1.54, 1.807) is 0 Å². The van der Waals surface area contributed by atoms with Gasteiger partial charge in [0.1, 0.15) is 0 Å². The van der Waals surface area contributed by atoms with Crippen molar-refractivity contribution in [2.75, 3.05) is 11.9 Å². The fourth-order valence-corrected chi connectivity index (χ4v) is 2.37. The lowest BCUT2D eigenvalue weighted by molar-refractivity contribution is 0.561. The minimum absolute atomic E-state index is 0.726. The zero-order chi connectivity index (χ0) is 13.5. The van der Waals surface area contributed by atoms with Crippen LogP contribution < -0.4 is 4.90 Å². The number of allylic oxidation sites excluding steroid dienone is 1. The minimum Gasteiger partial charge on any atom is -0.349 e. The summed E-state index contributed by atoms with van der Waals surface area (Å²) in [4.78, 5) is 2.12. The molecule has 0 radical (unpaired) electrons. The standard InChI is InChI=1S/C17H27N/c1-6-8-15(9-7-2)16-10-12-17(13-11-16)18(5)14(3)4/h10-13,15H,3,6-9H2,1-2,4-5H3. The maximum Gasteiger partial charge on any atom is 0.0405 e. The summed E-state index contributed by atoms with van der Waals surface area (Å²) in [6.45, 7) is 10.5. The summed E-state index contributed by atoms with van der Waals surface area (Å²) in [5, 5.41) is 0. The molecule has 1 aromatic rings. The highest BCUT2D eigenvalue weighted by molar-refractivity contribution is 5.51. The molecule has 18 heavy (non-hydrogen) atoms. The Labute approximate surface area is 113 Å². The van der Waals surface area contributed by atoms with Crippen LogP contribution in [0.15, 0.2) is 36.5 Å². The van der Waals surface area contributed by atoms with Gasteiger partial charge in [-0.25, -0.2) is 0 Å². The summed E-state index contributed by atoms with van der Waals surface area (Å²) in [6.07, 6.45) is 5.11. The van der Waals surface area contributed by atoms with Gasteiger partial charge in [-0.15, -0.1) is 0 Å². The van der Waals surface area contributed by atoms with Gasteiger partial charge >= 0.3 is 0 Å². The summed E-state index contributed by atoms with van der Waals surface area (Å²) < 4.78 is 0. The predicted octanol–water partition coefficient (Wildman–Crippen LogP) is 5.34. The SMILES string of the molecule is C=C(C)N(C)c1ccc(C(CCC)CCC)cc1. The van der Waals surface area contributed by atoms with Gasteiger partial charge in [0, 0.05) is 18.4 Å². The van der Waals surface area contributed by atoms with E-state index in [0.29, 0.717) is 0 Å². The third kappa shape index (κ3) is 3.90. The second-order valence-electron chi connectivity index (χ2n) is 5.16. The van der Waals surface area contributed by atoms with E-state index in [1.807, 2.05) is 6.92 Å². The molecule has 0 aliphatic rings. The molecule has 0 bridgehead atoms. The smallest absolute Gasteiger partial charge is 0.0405 e. The van der Waals surface area contributed by atoms with Crippen molar-refractivity contribution in [3.05, 3.63) is 42.1 Å². The van der Waals surface area contributed by atoms with Gasteiger partial charge in [0.15, 0.2) is 0 Å². The van der Waals surface area contributed by atoms with Gasteiger partial charge in [-0.1, -0.05) is 45.4 Å². The van der Waals surface area contributed by atoms with Crippen molar-refractivity contribution in [2.45, 2.75) is 52.4 Å². The van der Waals surface area contributed by atoms with Gasteiger partial charge < -0.3 is 4.90 Å². The largest absolute Gasteiger partial charge is 0.349 e. The van der Waals surface area contributed by atoms with E-state index in [-0.39, 0.29) is 0 Å². The van der Waals surface area contributed by atoms with Crippen LogP contribution in [0.4, 0.5) is 5.69 Å². The molecule has 100 valence electrons. The lowest BCUT2D eigenvalue weighted by atomic mass is 9.90. The summed E-state index contributed by atoms with van der Waals surface area (Å²) in [6, 6.07) is 8.99. The molecular weight excluding hydrogens is 218 g/mol. The van der Waals surface area contributed by atoms with Crippen LogP contribution in [0.1, 0.15) is 57.9 Å². The van der Waals surface area contributed by atoms with Crippen LogP contribution >= 0.6 is 0 Å². The van der Waals surface area contributed by atoms with Crippen LogP contribution in [0.2, 0.25) is 0 Å². The van der Waals surface area contributed by atoms with E-state index in [1.165, 1.54) is 36.9 Å². The molecule has 0 aliphatic carbocycles. The van der Waals surface area contributed by atoms with E-state index < -0.39 is 0 Å². The topological polar surface area (TPSA) is 3.24 Å². The van der Waals surface area contributed by atoms with E-state index in [0.717, 1.165) is 11.6 Å². The maximum absolute atomic E-state index is 3.97. The Morgan fingerprint density at radius 2 is 1.61 bits per heavy atom. The summed E-state index contributed by atoms with van der Waals surface area (Å²) in [5.74, 6) is 0.726. The molecule has 0 unspecified atom stereocenters. The third-order valence-electron chi connectivity index (χ3n) is 3.60. The van der Waals surface area contributed by atoms with Crippen molar-refractivity contribution in [1.82, 2.24) is 0 Å². The molecule has 1 nitrogen and oxygen atoms in total. The van der Waals surface area contributed by atoms with Gasteiger partial charge in [-0.05, 0) is 43.4 Å². The molecule has 0 spiro atoms. The molecule has 1 aromatic carbocycles. The number of rotatable bonds is 7. The Kier molecular flexibility index (Phi) is 5.97. The van der Waals surface area contributed by atoms with Crippen LogP contribution in [0.3, 0.4) is 0 Å². The van der Waals surface area contributed by atoms with E-state index >= 15 is 0 Å². The Morgan fingerprint density at radius 3 is 2.00 bits per heavy atom. The number of hydrogen-bond donors (Lipinski definition) is 0. The van der Waals surface area contributed by atoms with Crippen molar-refractivity contribution in [3.8, 4) is 0 Å². The van der Waals surface area contributed by atoms with E-state index in [4.69, 9.17) is 0 Å². The van der Waals surface area contributed by atoms with Gasteiger partial charge in [0.25, 0.3) is 0 Å². The van der Waals surface area contributed by atoms with Crippen LogP contribution in [-0.4, -0.2) is 7.05 Å². The molecule has 0 saturated carbocycles. The zero-order valence-electron chi connectivity index (χ0n) is 12.4. The normalized spacial score (nSPS) is 10.7. The lowest BCUT2D eigenvalue weighted by Gasteiger charge is -2.21. The van der Waals surface area contributed by atoms with Crippen LogP contribution in [-0.2, 0) is 0 Å². The first-order valence-corrected chi connectivity index (χ1v) is 7.09. The fourth-order valence-electron chi connectivity index (χ4n) is 2.37. The fraction of sp³-hybridized carbons (Fsp3) is 0.529. The van der Waals surface area contributed by atoms with E-state index in [2.05, 4.69) is 56.6 Å². The monoisotopic (exact) mass is 245 g/mol. The first-order chi connectivity index (χ1) is 8.60. The van der Waals surface area contributed by atoms with Crippen molar-refractivity contribution >= 4 is 5.69 Å². The van der Waals surface area contributed by atoms with Crippen molar-refractivity contribution in [3.63, 3.8) is 0 Å². The Balaban J connectivity index is 2.82. The summed E-state index contributed by atoms with van der Waals surface area (Å²) in [7, 11) is 2.06. The average Bonchev–Trinajstić information content (AvgIpc) is 2.38. The molecule has 0 aliphatic heterocycles. The highest BCUT2D eigenvalue weighted by Gasteiger charge is 2.10. The minimum atomic E-state index is 0.726. The van der Waals surface area contributed by atoms with Crippen LogP contribution in [0.5, 0.6) is 0 Å². The maximum atomic E-state index is 3.97. The Hall–Kier alpha value is -1.24. The van der Waals surface area contributed by atoms with Crippen molar-refractivity contribution in [1.29, 1.82) is 0 Å². The highest BCUT2D eigenvalue weighted by Crippen LogP contribution is 2.28. The average molecular weight is 245 g/mol. The number of benzene rings is 1. The summed E-state index contributed by atoms with van der Waals surface area (Å²) in [5.41, 5.74) is 3.77. The molecule has 0 amide bonds. The molecule has 0 fully saturated rings. The van der Waals surface area contributed by atoms with Crippen LogP contribution in [0.25, 0.3) is 0 Å².